The molecule has 1 heterocycles. The van der Waals surface area contributed by atoms with Crippen LogP contribution in [0.4, 0.5) is 0 Å². The van der Waals surface area contributed by atoms with Crippen LogP contribution in [0.25, 0.3) is 0 Å². The maximum absolute atomic E-state index is 12.9. The largest absolute Gasteiger partial charge is 0.457 e. The molecule has 1 saturated carbocycles. The predicted molar refractivity (Wildman–Crippen MR) is 190 cm³/mol. The quantitative estimate of drug-likeness (QED) is 0.0554. The molecule has 0 amide bonds. The molecule has 236 valence electrons. The van der Waals surface area contributed by atoms with E-state index in [0.29, 0.717) is 34.6 Å². The third kappa shape index (κ3) is 10.5. The van der Waals surface area contributed by atoms with E-state index in [2.05, 4.69) is 79.8 Å². The van der Waals surface area contributed by atoms with Crippen molar-refractivity contribution in [2.24, 2.45) is 22.2 Å². The van der Waals surface area contributed by atoms with Crippen molar-refractivity contribution in [2.45, 2.75) is 40.4 Å². The second-order valence-corrected chi connectivity index (χ2v) is 19.1. The molecule has 0 aliphatic heterocycles. The molecule has 3 aromatic rings. The Hall–Kier alpha value is -2.48. The standard InChI is InChI=1S/C22H19Br4NO3.C10H11ClN4/c1-21(2)17(19(23)22(24,25)26)18(21)20(28)30-16(12-27)13-7-6-10-15(11-13)29-14-8-4-3-5-9-14;1-8(14-7-12)15(2)6-9-3-4-10(11)13-5-9/h3-11,16-19H,1-2H3;3-5H,6H2,1-2H3/t16-,17-,18+,19?;/m1./s1. The number of hydrogen-bond donors (Lipinski definition) is 0. The molecule has 1 aliphatic carbocycles. The van der Waals surface area contributed by atoms with Crippen LogP contribution in [-0.2, 0) is 16.1 Å². The highest BCUT2D eigenvalue weighted by Gasteiger charge is 2.67. The maximum Gasteiger partial charge on any atom is 0.311 e. The lowest BCUT2D eigenvalue weighted by atomic mass is 10.1. The number of hydrogen-bond acceptors (Lipinski definition) is 7. The molecular weight excluding hydrogens is 857 g/mol. The lowest BCUT2D eigenvalue weighted by molar-refractivity contribution is -0.149. The first-order valence-electron chi connectivity index (χ1n) is 13.6. The Morgan fingerprint density at radius 3 is 2.36 bits per heavy atom. The zero-order valence-corrected chi connectivity index (χ0v) is 31.9. The Balaban J connectivity index is 0.000000309. The van der Waals surface area contributed by atoms with Gasteiger partial charge in [-0.05, 0) is 54.2 Å². The number of carbonyl (C=O) groups excluding carboxylic acids is 1. The van der Waals surface area contributed by atoms with E-state index in [1.54, 1.807) is 49.6 Å². The molecular formula is C32H30Br4ClN5O3. The van der Waals surface area contributed by atoms with Crippen LogP contribution < -0.4 is 4.74 Å². The van der Waals surface area contributed by atoms with E-state index in [-0.39, 0.29) is 28.0 Å². The van der Waals surface area contributed by atoms with Crippen molar-refractivity contribution in [3.63, 3.8) is 0 Å². The molecule has 4 rings (SSSR count). The highest BCUT2D eigenvalue weighted by atomic mass is 80.0. The molecule has 1 unspecified atom stereocenters. The molecule has 1 aliphatic rings. The highest BCUT2D eigenvalue weighted by molar-refractivity contribution is 9.40. The van der Waals surface area contributed by atoms with Gasteiger partial charge in [0.1, 0.15) is 30.7 Å². The first-order chi connectivity index (χ1) is 21.2. The van der Waals surface area contributed by atoms with Crippen LogP contribution in [0.1, 0.15) is 38.0 Å². The average molecular weight is 888 g/mol. The predicted octanol–water partition coefficient (Wildman–Crippen LogP) is 9.53. The number of pyridine rings is 1. The second kappa shape index (κ2) is 16.4. The fourth-order valence-corrected chi connectivity index (χ4v) is 6.60. The van der Waals surface area contributed by atoms with E-state index < -0.39 is 8.25 Å². The number of nitrogens with zero attached hydrogens (tertiary/aromatic N) is 5. The lowest BCUT2D eigenvalue weighted by Crippen LogP contribution is -2.23. The number of esters is 1. The van der Waals surface area contributed by atoms with Gasteiger partial charge in [0, 0.05) is 25.4 Å². The topological polar surface area (TPSA) is 112 Å². The van der Waals surface area contributed by atoms with Gasteiger partial charge >= 0.3 is 5.97 Å². The molecule has 8 nitrogen and oxygen atoms in total. The minimum atomic E-state index is -1.01. The molecule has 0 spiro atoms. The van der Waals surface area contributed by atoms with Gasteiger partial charge in [-0.1, -0.05) is 126 Å². The minimum Gasteiger partial charge on any atom is -0.457 e. The van der Waals surface area contributed by atoms with Gasteiger partial charge in [-0.25, -0.2) is 4.98 Å². The zero-order valence-electron chi connectivity index (χ0n) is 24.8. The smallest absolute Gasteiger partial charge is 0.311 e. The summed E-state index contributed by atoms with van der Waals surface area (Å²) in [5.74, 6) is 1.25. The van der Waals surface area contributed by atoms with Crippen LogP contribution in [-0.4, -0.2) is 35.7 Å². The fraction of sp³-hybridized carbons (Fsp3) is 0.344. The molecule has 4 atom stereocenters. The molecule has 0 N–H and O–H groups in total. The van der Waals surface area contributed by atoms with Gasteiger partial charge in [0.15, 0.2) is 0 Å². The van der Waals surface area contributed by atoms with Gasteiger partial charge in [0.05, 0.1) is 10.7 Å². The molecule has 2 aromatic carbocycles. The van der Waals surface area contributed by atoms with Crippen LogP contribution in [0, 0.1) is 40.0 Å². The summed E-state index contributed by atoms with van der Waals surface area (Å²) in [6, 6.07) is 22.1. The first-order valence-corrected chi connectivity index (χ1v) is 17.2. The molecule has 0 saturated heterocycles. The normalized spacial score (nSPS) is 18.2. The van der Waals surface area contributed by atoms with Crippen LogP contribution in [0.2, 0.25) is 5.15 Å². The zero-order chi connectivity index (χ0) is 33.4. The molecule has 13 heteroatoms. The van der Waals surface area contributed by atoms with Crippen LogP contribution in [0.5, 0.6) is 11.5 Å². The second-order valence-electron chi connectivity index (χ2n) is 10.8. The Kier molecular flexibility index (Phi) is 13.5. The summed E-state index contributed by atoms with van der Waals surface area (Å²) < 4.78 is 10.9. The van der Waals surface area contributed by atoms with E-state index in [0.717, 1.165) is 5.56 Å². The molecule has 0 bridgehead atoms. The summed E-state index contributed by atoms with van der Waals surface area (Å²) in [6.45, 7) is 6.48. The maximum atomic E-state index is 12.9. The Bertz CT molecular complexity index is 1570. The van der Waals surface area contributed by atoms with E-state index >= 15 is 0 Å². The van der Waals surface area contributed by atoms with E-state index in [9.17, 15) is 10.1 Å². The summed E-state index contributed by atoms with van der Waals surface area (Å²) in [5.41, 5.74) is 1.33. The summed E-state index contributed by atoms with van der Waals surface area (Å²) in [4.78, 5) is 22.3. The average Bonchev–Trinajstić information content (AvgIpc) is 3.58. The van der Waals surface area contributed by atoms with Crippen molar-refractivity contribution in [1.29, 1.82) is 10.5 Å². The van der Waals surface area contributed by atoms with Crippen molar-refractivity contribution >= 4 is 87.1 Å². The summed E-state index contributed by atoms with van der Waals surface area (Å²) in [6.07, 6.45) is 2.45. The number of alkyl halides is 4. The highest BCUT2D eigenvalue weighted by Crippen LogP contribution is 2.66. The van der Waals surface area contributed by atoms with Gasteiger partial charge in [-0.2, -0.15) is 15.5 Å². The minimum absolute atomic E-state index is 0.0233. The van der Waals surface area contributed by atoms with Gasteiger partial charge in [-0.3, -0.25) is 4.79 Å². The number of carbonyl (C=O) groups is 1. The van der Waals surface area contributed by atoms with Crippen LogP contribution in [0.3, 0.4) is 0 Å². The first kappa shape index (κ1) is 37.0. The molecule has 1 fully saturated rings. The lowest BCUT2D eigenvalue weighted by Gasteiger charge is -2.21. The number of ether oxygens (including phenoxy) is 2. The number of para-hydroxylation sites is 1. The molecule has 0 radical (unpaired) electrons. The number of aromatic nitrogens is 1. The molecule has 1 aromatic heterocycles. The summed E-state index contributed by atoms with van der Waals surface area (Å²) >= 11 is 19.9. The SMILES string of the molecule is CC(=NC#N)N(C)Cc1ccc(Cl)nc1.CC1(C)[C@H](C(=O)O[C@H](C#N)c2cccc(Oc3ccccc3)c2)[C@@H]1C(Br)C(Br)(Br)Br. The number of amidine groups is 1. The fourth-order valence-electron chi connectivity index (χ4n) is 4.65. The van der Waals surface area contributed by atoms with E-state index in [4.69, 9.17) is 26.3 Å². The van der Waals surface area contributed by atoms with Crippen molar-refractivity contribution in [2.75, 3.05) is 7.05 Å². The van der Waals surface area contributed by atoms with Crippen LogP contribution >= 0.6 is 75.3 Å². The number of nitriles is 2. The summed E-state index contributed by atoms with van der Waals surface area (Å²) in [7, 11) is 1.87. The summed E-state index contributed by atoms with van der Waals surface area (Å²) in [5, 5.41) is 18.5. The molecule has 45 heavy (non-hydrogen) atoms. The monoisotopic (exact) mass is 883 g/mol. The van der Waals surface area contributed by atoms with Gasteiger partial charge in [0.2, 0.25) is 12.3 Å². The van der Waals surface area contributed by atoms with E-state index in [1.165, 1.54) is 0 Å². The Labute approximate surface area is 302 Å². The number of rotatable bonds is 8. The Morgan fingerprint density at radius 1 is 1.11 bits per heavy atom. The van der Waals surface area contributed by atoms with Crippen molar-refractivity contribution in [1.82, 2.24) is 9.88 Å². The Morgan fingerprint density at radius 2 is 1.78 bits per heavy atom. The number of benzene rings is 2. The van der Waals surface area contributed by atoms with Crippen molar-refractivity contribution < 1.29 is 14.3 Å². The van der Waals surface area contributed by atoms with Gasteiger partial charge in [-0.15, -0.1) is 0 Å². The third-order valence-corrected chi connectivity index (χ3v) is 12.1. The van der Waals surface area contributed by atoms with Gasteiger partial charge < -0.3 is 14.4 Å². The van der Waals surface area contributed by atoms with E-state index in [1.807, 2.05) is 62.2 Å². The number of halogens is 5. The van der Waals surface area contributed by atoms with Crippen LogP contribution in [0.15, 0.2) is 77.9 Å². The third-order valence-electron chi connectivity index (χ3n) is 7.26. The van der Waals surface area contributed by atoms with Gasteiger partial charge in [0.25, 0.3) is 0 Å². The van der Waals surface area contributed by atoms with Crippen molar-refractivity contribution in [3.8, 4) is 23.8 Å². The number of aliphatic imine (C=N–C) groups is 1. The van der Waals surface area contributed by atoms with Crippen molar-refractivity contribution in [3.05, 3.63) is 89.2 Å².